The van der Waals surface area contributed by atoms with Crippen molar-refractivity contribution in [1.29, 1.82) is 0 Å². The summed E-state index contributed by atoms with van der Waals surface area (Å²) in [6.45, 7) is 2.11. The smallest absolute Gasteiger partial charge is 0.254 e. The minimum Gasteiger partial charge on any atom is -0.484 e. The van der Waals surface area contributed by atoms with Crippen LogP contribution < -0.4 is 4.74 Å². The van der Waals surface area contributed by atoms with Crippen molar-refractivity contribution in [3.8, 4) is 17.2 Å². The van der Waals surface area contributed by atoms with E-state index in [1.807, 2.05) is 31.2 Å². The molecule has 21 heavy (non-hydrogen) atoms. The van der Waals surface area contributed by atoms with E-state index < -0.39 is 0 Å². The summed E-state index contributed by atoms with van der Waals surface area (Å²) in [7, 11) is 0. The lowest BCUT2D eigenvalue weighted by Crippen LogP contribution is -1.95. The van der Waals surface area contributed by atoms with Crippen LogP contribution >= 0.6 is 0 Å². The molecule has 0 radical (unpaired) electrons. The highest BCUT2D eigenvalue weighted by atomic mass is 19.1. The van der Waals surface area contributed by atoms with E-state index in [2.05, 4.69) is 10.2 Å². The Morgan fingerprint density at radius 2 is 1.90 bits per heavy atom. The molecule has 4 nitrogen and oxygen atoms in total. The highest BCUT2D eigenvalue weighted by Crippen LogP contribution is 2.19. The molecule has 0 aliphatic rings. The number of aromatic nitrogens is 2. The number of aryl methyl sites for hydroxylation is 1. The molecule has 0 amide bonds. The van der Waals surface area contributed by atoms with Crippen LogP contribution in [-0.2, 0) is 6.61 Å². The Morgan fingerprint density at radius 1 is 1.10 bits per heavy atom. The maximum Gasteiger partial charge on any atom is 0.254 e. The van der Waals surface area contributed by atoms with Crippen LogP contribution in [0.5, 0.6) is 5.75 Å². The largest absolute Gasteiger partial charge is 0.484 e. The maximum atomic E-state index is 13.0. The lowest BCUT2D eigenvalue weighted by molar-refractivity contribution is 0.263. The zero-order valence-electron chi connectivity index (χ0n) is 11.4. The SMILES string of the molecule is Cc1ccc(-c2nnc(COc3cccc(F)c3)o2)cc1. The summed E-state index contributed by atoms with van der Waals surface area (Å²) in [5, 5.41) is 7.89. The third-order valence-electron chi connectivity index (χ3n) is 2.92. The molecule has 0 bridgehead atoms. The van der Waals surface area contributed by atoms with Gasteiger partial charge in [-0.25, -0.2) is 4.39 Å². The van der Waals surface area contributed by atoms with Gasteiger partial charge in [-0.05, 0) is 31.2 Å². The molecule has 0 unspecified atom stereocenters. The third-order valence-corrected chi connectivity index (χ3v) is 2.92. The van der Waals surface area contributed by atoms with Crippen LogP contribution in [0, 0.1) is 12.7 Å². The van der Waals surface area contributed by atoms with E-state index in [1.165, 1.54) is 12.1 Å². The van der Waals surface area contributed by atoms with Crippen LogP contribution in [0.15, 0.2) is 52.9 Å². The lowest BCUT2D eigenvalue weighted by Gasteiger charge is -2.02. The number of hydrogen-bond donors (Lipinski definition) is 0. The van der Waals surface area contributed by atoms with Crippen molar-refractivity contribution >= 4 is 0 Å². The molecule has 0 aliphatic carbocycles. The zero-order chi connectivity index (χ0) is 14.7. The molecule has 3 aromatic rings. The van der Waals surface area contributed by atoms with Gasteiger partial charge in [0, 0.05) is 11.6 Å². The van der Waals surface area contributed by atoms with Gasteiger partial charge < -0.3 is 9.15 Å². The summed E-state index contributed by atoms with van der Waals surface area (Å²) >= 11 is 0. The van der Waals surface area contributed by atoms with Gasteiger partial charge in [-0.3, -0.25) is 0 Å². The van der Waals surface area contributed by atoms with Crippen LogP contribution in [0.4, 0.5) is 4.39 Å². The van der Waals surface area contributed by atoms with Crippen molar-refractivity contribution in [2.45, 2.75) is 13.5 Å². The predicted octanol–water partition coefficient (Wildman–Crippen LogP) is 3.76. The Kier molecular flexibility index (Phi) is 3.64. The van der Waals surface area contributed by atoms with Gasteiger partial charge in [-0.15, -0.1) is 10.2 Å². The molecule has 0 atom stereocenters. The summed E-state index contributed by atoms with van der Waals surface area (Å²) in [5.74, 6) is 0.853. The fraction of sp³-hybridized carbons (Fsp3) is 0.125. The maximum absolute atomic E-state index is 13.0. The molecule has 0 saturated heterocycles. The Morgan fingerprint density at radius 3 is 2.67 bits per heavy atom. The molecular formula is C16H13FN2O2. The van der Waals surface area contributed by atoms with Crippen molar-refractivity contribution < 1.29 is 13.5 Å². The Hall–Kier alpha value is -2.69. The van der Waals surface area contributed by atoms with Gasteiger partial charge >= 0.3 is 0 Å². The average molecular weight is 284 g/mol. The zero-order valence-corrected chi connectivity index (χ0v) is 11.4. The first-order chi connectivity index (χ1) is 10.2. The molecule has 1 aromatic heterocycles. The van der Waals surface area contributed by atoms with E-state index >= 15 is 0 Å². The first-order valence-corrected chi connectivity index (χ1v) is 6.48. The van der Waals surface area contributed by atoms with E-state index in [4.69, 9.17) is 9.15 Å². The molecule has 0 spiro atoms. The van der Waals surface area contributed by atoms with Gasteiger partial charge in [0.15, 0.2) is 6.61 Å². The number of rotatable bonds is 4. The highest BCUT2D eigenvalue weighted by molar-refractivity contribution is 5.52. The number of nitrogens with zero attached hydrogens (tertiary/aromatic N) is 2. The highest BCUT2D eigenvalue weighted by Gasteiger charge is 2.09. The summed E-state index contributed by atoms with van der Waals surface area (Å²) in [5.41, 5.74) is 2.01. The Bertz CT molecular complexity index is 738. The molecule has 3 rings (SSSR count). The fourth-order valence-corrected chi connectivity index (χ4v) is 1.83. The summed E-state index contributed by atoms with van der Waals surface area (Å²) < 4.78 is 23.9. The molecule has 1 heterocycles. The van der Waals surface area contributed by atoms with Crippen LogP contribution in [0.2, 0.25) is 0 Å². The number of halogens is 1. The first kappa shape index (κ1) is 13.3. The molecule has 2 aromatic carbocycles. The second-order valence-electron chi connectivity index (χ2n) is 4.61. The molecule has 0 aliphatic heterocycles. The van der Waals surface area contributed by atoms with Crippen LogP contribution in [0.1, 0.15) is 11.5 Å². The molecule has 106 valence electrons. The van der Waals surface area contributed by atoms with Crippen molar-refractivity contribution in [2.75, 3.05) is 0 Å². The molecule has 0 N–H and O–H groups in total. The van der Waals surface area contributed by atoms with Gasteiger partial charge in [0.05, 0.1) is 0 Å². The standard InChI is InChI=1S/C16H13FN2O2/c1-11-5-7-12(8-6-11)16-19-18-15(21-16)10-20-14-4-2-3-13(17)9-14/h2-9H,10H2,1H3. The molecule has 0 saturated carbocycles. The van der Waals surface area contributed by atoms with E-state index in [0.717, 1.165) is 11.1 Å². The first-order valence-electron chi connectivity index (χ1n) is 6.48. The second-order valence-corrected chi connectivity index (χ2v) is 4.61. The van der Waals surface area contributed by atoms with Crippen LogP contribution in [0.3, 0.4) is 0 Å². The number of benzene rings is 2. The summed E-state index contributed by atoms with van der Waals surface area (Å²) in [6.07, 6.45) is 0. The van der Waals surface area contributed by atoms with Gasteiger partial charge in [-0.1, -0.05) is 23.8 Å². The quantitative estimate of drug-likeness (QED) is 0.732. The molecule has 0 fully saturated rings. The van der Waals surface area contributed by atoms with Crippen LogP contribution in [-0.4, -0.2) is 10.2 Å². The van der Waals surface area contributed by atoms with E-state index in [0.29, 0.717) is 17.5 Å². The van der Waals surface area contributed by atoms with Crippen molar-refractivity contribution in [3.05, 3.63) is 65.8 Å². The minimum absolute atomic E-state index is 0.0995. The summed E-state index contributed by atoms with van der Waals surface area (Å²) in [6, 6.07) is 13.7. The normalized spacial score (nSPS) is 10.6. The van der Waals surface area contributed by atoms with Crippen molar-refractivity contribution in [3.63, 3.8) is 0 Å². The van der Waals surface area contributed by atoms with Gasteiger partial charge in [0.1, 0.15) is 11.6 Å². The van der Waals surface area contributed by atoms with E-state index in [1.54, 1.807) is 12.1 Å². The fourth-order valence-electron chi connectivity index (χ4n) is 1.83. The van der Waals surface area contributed by atoms with Gasteiger partial charge in [-0.2, -0.15) is 0 Å². The number of ether oxygens (including phenoxy) is 1. The van der Waals surface area contributed by atoms with Crippen molar-refractivity contribution in [1.82, 2.24) is 10.2 Å². The second kappa shape index (κ2) is 5.75. The third kappa shape index (κ3) is 3.25. The van der Waals surface area contributed by atoms with Crippen molar-refractivity contribution in [2.24, 2.45) is 0 Å². The minimum atomic E-state index is -0.349. The predicted molar refractivity (Wildman–Crippen MR) is 75.2 cm³/mol. The van der Waals surface area contributed by atoms with E-state index in [9.17, 15) is 4.39 Å². The number of hydrogen-bond acceptors (Lipinski definition) is 4. The van der Waals surface area contributed by atoms with E-state index in [-0.39, 0.29) is 12.4 Å². The molecular weight excluding hydrogens is 271 g/mol. The Labute approximate surface area is 121 Å². The van der Waals surface area contributed by atoms with Crippen LogP contribution in [0.25, 0.3) is 11.5 Å². The Balaban J connectivity index is 1.69. The van der Waals surface area contributed by atoms with Gasteiger partial charge in [0.25, 0.3) is 5.89 Å². The summed E-state index contributed by atoms with van der Waals surface area (Å²) in [4.78, 5) is 0. The topological polar surface area (TPSA) is 48.2 Å². The monoisotopic (exact) mass is 284 g/mol. The molecule has 5 heteroatoms. The average Bonchev–Trinajstić information content (AvgIpc) is 2.95. The lowest BCUT2D eigenvalue weighted by atomic mass is 10.1. The van der Waals surface area contributed by atoms with Gasteiger partial charge in [0.2, 0.25) is 5.89 Å².